The highest BCUT2D eigenvalue weighted by Crippen LogP contribution is 2.26. The molecule has 0 amide bonds. The van der Waals surface area contributed by atoms with Crippen molar-refractivity contribution in [3.63, 3.8) is 0 Å². The molecular formula is C6H13ClN2S4. The average molecular weight is 277 g/mol. The minimum atomic E-state index is 0. The molecule has 0 aliphatic heterocycles. The van der Waals surface area contributed by atoms with E-state index in [1.54, 1.807) is 0 Å². The third-order valence-corrected chi connectivity index (χ3v) is 5.07. The first-order valence-electron chi connectivity index (χ1n) is 3.22. The van der Waals surface area contributed by atoms with E-state index in [0.717, 1.165) is 8.64 Å². The summed E-state index contributed by atoms with van der Waals surface area (Å²) < 4.78 is 1.67. The van der Waals surface area contributed by atoms with Gasteiger partial charge in [-0.3, -0.25) is 0 Å². The molecule has 0 aromatic carbocycles. The number of hydrogen-bond donors (Lipinski definition) is 0. The van der Waals surface area contributed by atoms with E-state index in [-0.39, 0.29) is 12.4 Å². The van der Waals surface area contributed by atoms with Crippen LogP contribution in [0.1, 0.15) is 0 Å². The van der Waals surface area contributed by atoms with Gasteiger partial charge in [-0.05, 0) is 21.6 Å². The third kappa shape index (κ3) is 7.81. The van der Waals surface area contributed by atoms with Gasteiger partial charge >= 0.3 is 0 Å². The van der Waals surface area contributed by atoms with Crippen LogP contribution in [0, 0.1) is 0 Å². The molecule has 0 bridgehead atoms. The van der Waals surface area contributed by atoms with Crippen molar-refractivity contribution in [3.8, 4) is 0 Å². The zero-order valence-electron chi connectivity index (χ0n) is 7.94. The first-order valence-corrected chi connectivity index (χ1v) is 6.19. The molecule has 0 aromatic rings. The second-order valence-electron chi connectivity index (χ2n) is 2.49. The smallest absolute Gasteiger partial charge is 0.146 e. The third-order valence-electron chi connectivity index (χ3n) is 0.915. The molecule has 0 aliphatic carbocycles. The normalized spacial score (nSPS) is 8.62. The Morgan fingerprint density at radius 3 is 1.23 bits per heavy atom. The SMILES string of the molecule is CN(C)C(=S)SSC(=S)N(C)C.Cl. The fraction of sp³-hybridized carbons (Fsp3) is 0.667. The summed E-state index contributed by atoms with van der Waals surface area (Å²) in [5.41, 5.74) is 0. The van der Waals surface area contributed by atoms with Crippen LogP contribution < -0.4 is 0 Å². The highest BCUT2D eigenvalue weighted by atomic mass is 35.5. The molecule has 0 aliphatic rings. The fourth-order valence-corrected chi connectivity index (χ4v) is 2.60. The minimum absolute atomic E-state index is 0. The number of hydrogen-bond acceptors (Lipinski definition) is 4. The molecule has 0 radical (unpaired) electrons. The quantitative estimate of drug-likeness (QED) is 0.492. The van der Waals surface area contributed by atoms with E-state index in [1.165, 1.54) is 21.6 Å². The van der Waals surface area contributed by atoms with Gasteiger partial charge < -0.3 is 9.80 Å². The molecule has 0 spiro atoms. The topological polar surface area (TPSA) is 6.48 Å². The number of thiocarbonyl (C=S) groups is 2. The molecule has 13 heavy (non-hydrogen) atoms. The van der Waals surface area contributed by atoms with Crippen LogP contribution in [0.25, 0.3) is 0 Å². The summed E-state index contributed by atoms with van der Waals surface area (Å²) in [4.78, 5) is 3.79. The van der Waals surface area contributed by atoms with E-state index in [0.29, 0.717) is 0 Å². The van der Waals surface area contributed by atoms with Crippen molar-refractivity contribution in [2.45, 2.75) is 0 Å². The number of halogens is 1. The van der Waals surface area contributed by atoms with Gasteiger partial charge in [0.2, 0.25) is 0 Å². The van der Waals surface area contributed by atoms with Crippen LogP contribution >= 0.6 is 58.4 Å². The van der Waals surface area contributed by atoms with E-state index < -0.39 is 0 Å². The largest absolute Gasteiger partial charge is 0.363 e. The second-order valence-corrected chi connectivity index (χ2v) is 5.88. The van der Waals surface area contributed by atoms with Crippen LogP contribution in [-0.4, -0.2) is 46.6 Å². The molecule has 2 nitrogen and oxygen atoms in total. The van der Waals surface area contributed by atoms with Crippen molar-refractivity contribution in [2.24, 2.45) is 0 Å². The molecule has 0 fully saturated rings. The summed E-state index contributed by atoms with van der Waals surface area (Å²) in [7, 11) is 10.7. The van der Waals surface area contributed by atoms with E-state index in [4.69, 9.17) is 24.4 Å². The van der Waals surface area contributed by atoms with Gasteiger partial charge in [0.1, 0.15) is 8.64 Å². The maximum Gasteiger partial charge on any atom is 0.146 e. The molecule has 0 heterocycles. The van der Waals surface area contributed by atoms with Crippen LogP contribution in [0.5, 0.6) is 0 Å². The van der Waals surface area contributed by atoms with Crippen molar-refractivity contribution >= 4 is 67.1 Å². The molecule has 0 unspecified atom stereocenters. The van der Waals surface area contributed by atoms with Crippen LogP contribution in [0.15, 0.2) is 0 Å². The first kappa shape index (κ1) is 16.2. The highest BCUT2D eigenvalue weighted by molar-refractivity contribution is 8.89. The number of nitrogens with zero attached hydrogens (tertiary/aromatic N) is 2. The lowest BCUT2D eigenvalue weighted by atomic mass is 11.0. The van der Waals surface area contributed by atoms with Gasteiger partial charge in [0.15, 0.2) is 0 Å². The van der Waals surface area contributed by atoms with Crippen molar-refractivity contribution in [1.82, 2.24) is 9.80 Å². The maximum atomic E-state index is 5.07. The van der Waals surface area contributed by atoms with Crippen molar-refractivity contribution < 1.29 is 0 Å². The predicted octanol–water partition coefficient (Wildman–Crippen LogP) is 2.48. The van der Waals surface area contributed by atoms with Crippen molar-refractivity contribution in [3.05, 3.63) is 0 Å². The zero-order valence-corrected chi connectivity index (χ0v) is 12.0. The lowest BCUT2D eigenvalue weighted by molar-refractivity contribution is 0.647. The molecule has 0 saturated carbocycles. The van der Waals surface area contributed by atoms with Gasteiger partial charge in [-0.25, -0.2) is 0 Å². The van der Waals surface area contributed by atoms with E-state index in [2.05, 4.69) is 0 Å². The van der Waals surface area contributed by atoms with Gasteiger partial charge in [-0.15, -0.1) is 12.4 Å². The Kier molecular flexibility index (Phi) is 10.1. The maximum absolute atomic E-state index is 5.07. The Morgan fingerprint density at radius 2 is 1.08 bits per heavy atom. The summed E-state index contributed by atoms with van der Waals surface area (Å²) in [5, 5.41) is 0. The van der Waals surface area contributed by atoms with Gasteiger partial charge in [-0.1, -0.05) is 24.4 Å². The molecule has 0 N–H and O–H groups in total. The molecular weight excluding hydrogens is 264 g/mol. The monoisotopic (exact) mass is 276 g/mol. The van der Waals surface area contributed by atoms with Gasteiger partial charge in [0.25, 0.3) is 0 Å². The highest BCUT2D eigenvalue weighted by Gasteiger charge is 2.04. The first-order chi connectivity index (χ1) is 5.45. The molecule has 0 rings (SSSR count). The predicted molar refractivity (Wildman–Crippen MR) is 75.0 cm³/mol. The van der Waals surface area contributed by atoms with Gasteiger partial charge in [-0.2, -0.15) is 0 Å². The van der Waals surface area contributed by atoms with Crippen LogP contribution in [0.4, 0.5) is 0 Å². The van der Waals surface area contributed by atoms with Crippen LogP contribution in [0.2, 0.25) is 0 Å². The summed E-state index contributed by atoms with van der Waals surface area (Å²) >= 11 is 10.1. The molecule has 7 heteroatoms. The standard InChI is InChI=1S/C6H12N2S4.ClH/c1-7(2)5(9)11-12-6(10)8(3)4;/h1-4H3;1H. The fourth-order valence-electron chi connectivity index (χ4n) is 0.220. The Bertz CT molecular complexity index is 163. The minimum Gasteiger partial charge on any atom is -0.363 e. The van der Waals surface area contributed by atoms with E-state index in [1.807, 2.05) is 38.0 Å². The van der Waals surface area contributed by atoms with Gasteiger partial charge in [0, 0.05) is 28.2 Å². The van der Waals surface area contributed by atoms with E-state index in [9.17, 15) is 0 Å². The summed E-state index contributed by atoms with van der Waals surface area (Å²) in [5.74, 6) is 0. The summed E-state index contributed by atoms with van der Waals surface area (Å²) in [6.45, 7) is 0. The lowest BCUT2D eigenvalue weighted by Crippen LogP contribution is -2.18. The Hall–Kier alpha value is 0.770. The van der Waals surface area contributed by atoms with Crippen LogP contribution in [-0.2, 0) is 0 Å². The Labute approximate surface area is 105 Å². The zero-order chi connectivity index (χ0) is 9.72. The molecule has 78 valence electrons. The Balaban J connectivity index is 0. The lowest BCUT2D eigenvalue weighted by Gasteiger charge is -2.15. The van der Waals surface area contributed by atoms with E-state index >= 15 is 0 Å². The second kappa shape index (κ2) is 8.11. The average Bonchev–Trinajstić information content (AvgIpc) is 1.98. The molecule has 0 atom stereocenters. The Morgan fingerprint density at radius 1 is 0.846 bits per heavy atom. The number of rotatable bonds is 0. The van der Waals surface area contributed by atoms with Crippen molar-refractivity contribution in [1.29, 1.82) is 0 Å². The summed E-state index contributed by atoms with van der Waals surface area (Å²) in [6, 6.07) is 0. The summed E-state index contributed by atoms with van der Waals surface area (Å²) in [6.07, 6.45) is 0. The molecule has 0 aromatic heterocycles. The molecule has 0 saturated heterocycles. The van der Waals surface area contributed by atoms with Crippen molar-refractivity contribution in [2.75, 3.05) is 28.2 Å². The van der Waals surface area contributed by atoms with Crippen LogP contribution in [0.3, 0.4) is 0 Å². The van der Waals surface area contributed by atoms with Gasteiger partial charge in [0.05, 0.1) is 0 Å².